The van der Waals surface area contributed by atoms with Crippen molar-refractivity contribution in [3.05, 3.63) is 89.0 Å². The van der Waals surface area contributed by atoms with Crippen molar-refractivity contribution in [1.29, 1.82) is 0 Å². The molecule has 0 aliphatic rings. The van der Waals surface area contributed by atoms with E-state index in [4.69, 9.17) is 14.2 Å². The molecule has 9 nitrogen and oxygen atoms in total. The minimum absolute atomic E-state index is 0.228. The summed E-state index contributed by atoms with van der Waals surface area (Å²) in [5, 5.41) is 6.44. The number of amides is 2. The van der Waals surface area contributed by atoms with Gasteiger partial charge in [-0.1, -0.05) is 31.0 Å². The molecule has 0 bridgehead atoms. The number of nitrogens with zero attached hydrogens (tertiary/aromatic N) is 1. The van der Waals surface area contributed by atoms with Crippen molar-refractivity contribution < 1.29 is 28.6 Å². The number of unbranched alkanes of at least 4 members (excludes halogenated alkanes) is 1. The van der Waals surface area contributed by atoms with Gasteiger partial charge in [-0.3, -0.25) is 9.59 Å². The largest absolute Gasteiger partial charge is 0.494 e. The molecule has 38 heavy (non-hydrogen) atoms. The van der Waals surface area contributed by atoms with E-state index in [-0.39, 0.29) is 18.2 Å². The summed E-state index contributed by atoms with van der Waals surface area (Å²) in [7, 11) is 1.45. The Balaban J connectivity index is 1.51. The molecule has 2 amide bonds. The molecule has 198 valence electrons. The fourth-order valence-corrected chi connectivity index (χ4v) is 3.22. The Morgan fingerprint density at radius 2 is 1.63 bits per heavy atom. The van der Waals surface area contributed by atoms with Crippen LogP contribution < -0.4 is 25.0 Å². The molecule has 3 aromatic carbocycles. The predicted molar refractivity (Wildman–Crippen MR) is 144 cm³/mol. The standard InChI is InChI=1S/C29H31N3O6/c1-4-5-16-37-24-13-11-23(12-14-24)29(35)38-25-15-8-21(17-26(25)36-3)18-31-32-27(33)19-30-28(34)22-9-6-20(2)7-10-22/h6-15,17-18H,4-5,16,19H2,1-3H3,(H,30,34)(H,32,33)/b31-18-. The summed E-state index contributed by atoms with van der Waals surface area (Å²) in [6.45, 7) is 4.41. The third-order valence-electron chi connectivity index (χ3n) is 5.37. The van der Waals surface area contributed by atoms with E-state index in [0.29, 0.717) is 34.8 Å². The Hall–Kier alpha value is -4.66. The summed E-state index contributed by atoms with van der Waals surface area (Å²) in [6, 6.07) is 18.6. The van der Waals surface area contributed by atoms with E-state index < -0.39 is 11.9 Å². The maximum absolute atomic E-state index is 12.6. The fraction of sp³-hybridized carbons (Fsp3) is 0.241. The fourth-order valence-electron chi connectivity index (χ4n) is 3.22. The lowest BCUT2D eigenvalue weighted by atomic mass is 10.1. The third kappa shape index (κ3) is 8.48. The van der Waals surface area contributed by atoms with Crippen molar-refractivity contribution in [1.82, 2.24) is 10.7 Å². The van der Waals surface area contributed by atoms with E-state index in [1.165, 1.54) is 13.3 Å². The summed E-state index contributed by atoms with van der Waals surface area (Å²) >= 11 is 0. The van der Waals surface area contributed by atoms with E-state index in [1.807, 2.05) is 19.1 Å². The third-order valence-corrected chi connectivity index (χ3v) is 5.37. The van der Waals surface area contributed by atoms with Crippen molar-refractivity contribution >= 4 is 24.0 Å². The molecule has 2 N–H and O–H groups in total. The van der Waals surface area contributed by atoms with E-state index in [0.717, 1.165) is 18.4 Å². The minimum Gasteiger partial charge on any atom is -0.494 e. The Bertz CT molecular complexity index is 1270. The first kappa shape index (κ1) is 27.9. The molecule has 3 rings (SSSR count). The number of methoxy groups -OCH3 is 1. The molecule has 0 fully saturated rings. The van der Waals surface area contributed by atoms with Crippen molar-refractivity contribution in [2.24, 2.45) is 5.10 Å². The van der Waals surface area contributed by atoms with Crippen molar-refractivity contribution in [2.45, 2.75) is 26.7 Å². The maximum Gasteiger partial charge on any atom is 0.343 e. The minimum atomic E-state index is -0.537. The number of hydrazone groups is 1. The Morgan fingerprint density at radius 3 is 2.32 bits per heavy atom. The lowest BCUT2D eigenvalue weighted by Gasteiger charge is -2.10. The number of rotatable bonds is 12. The number of esters is 1. The van der Waals surface area contributed by atoms with Gasteiger partial charge in [-0.2, -0.15) is 5.10 Å². The summed E-state index contributed by atoms with van der Waals surface area (Å²) < 4.78 is 16.5. The molecule has 0 aliphatic carbocycles. The first-order chi connectivity index (χ1) is 18.4. The number of nitrogens with one attached hydrogen (secondary N) is 2. The Kier molecular flexibility index (Phi) is 10.4. The number of aryl methyl sites for hydroxylation is 1. The molecule has 9 heteroatoms. The maximum atomic E-state index is 12.6. The number of carbonyl (C=O) groups excluding carboxylic acids is 3. The predicted octanol–water partition coefficient (Wildman–Crippen LogP) is 4.28. The highest BCUT2D eigenvalue weighted by Gasteiger charge is 2.13. The summed E-state index contributed by atoms with van der Waals surface area (Å²) in [5.41, 5.74) is 4.82. The van der Waals surface area contributed by atoms with E-state index in [1.54, 1.807) is 54.6 Å². The average molecular weight is 518 g/mol. The molecule has 0 atom stereocenters. The second-order valence-corrected chi connectivity index (χ2v) is 8.37. The Labute approximate surface area is 221 Å². The first-order valence-corrected chi connectivity index (χ1v) is 12.2. The smallest absolute Gasteiger partial charge is 0.343 e. The van der Waals surface area contributed by atoms with Gasteiger partial charge in [0.05, 0.1) is 32.0 Å². The van der Waals surface area contributed by atoms with E-state index in [9.17, 15) is 14.4 Å². The zero-order valence-corrected chi connectivity index (χ0v) is 21.7. The molecule has 0 radical (unpaired) electrons. The van der Waals surface area contributed by atoms with Crippen molar-refractivity contribution in [2.75, 3.05) is 20.3 Å². The van der Waals surface area contributed by atoms with Gasteiger partial charge in [0.2, 0.25) is 0 Å². The molecule has 0 aliphatic heterocycles. The summed E-state index contributed by atoms with van der Waals surface area (Å²) in [6.07, 6.45) is 3.41. The number of hydrogen-bond donors (Lipinski definition) is 2. The van der Waals surface area contributed by atoms with E-state index >= 15 is 0 Å². The van der Waals surface area contributed by atoms with Crippen molar-refractivity contribution in [3.8, 4) is 17.2 Å². The Morgan fingerprint density at radius 1 is 0.921 bits per heavy atom. The van der Waals surface area contributed by atoms with Crippen LogP contribution in [-0.2, 0) is 4.79 Å². The van der Waals surface area contributed by atoms with Gasteiger partial charge in [-0.15, -0.1) is 0 Å². The lowest BCUT2D eigenvalue weighted by molar-refractivity contribution is -0.120. The molecule has 3 aromatic rings. The van der Waals surface area contributed by atoms with Gasteiger partial charge >= 0.3 is 5.97 Å². The number of ether oxygens (including phenoxy) is 3. The SMILES string of the molecule is CCCCOc1ccc(C(=O)Oc2ccc(/C=N\NC(=O)CNC(=O)c3ccc(C)cc3)cc2OC)cc1. The number of hydrogen-bond acceptors (Lipinski definition) is 7. The molecule has 0 aromatic heterocycles. The van der Waals surface area contributed by atoms with Crippen LogP contribution in [0.5, 0.6) is 17.2 Å². The van der Waals surface area contributed by atoms with Gasteiger partial charge in [0.1, 0.15) is 5.75 Å². The highest BCUT2D eigenvalue weighted by molar-refractivity contribution is 5.96. The molecule has 0 spiro atoms. The quantitative estimate of drug-likeness (QED) is 0.122. The number of carbonyl (C=O) groups is 3. The average Bonchev–Trinajstić information content (AvgIpc) is 2.93. The number of benzene rings is 3. The zero-order chi connectivity index (χ0) is 27.3. The summed E-state index contributed by atoms with van der Waals surface area (Å²) in [4.78, 5) is 36.7. The molecule has 0 saturated carbocycles. The van der Waals surface area contributed by atoms with Crippen LogP contribution in [0, 0.1) is 6.92 Å². The van der Waals surface area contributed by atoms with Gasteiger partial charge < -0.3 is 19.5 Å². The van der Waals surface area contributed by atoms with Gasteiger partial charge in [0, 0.05) is 5.56 Å². The first-order valence-electron chi connectivity index (χ1n) is 12.2. The van der Waals surface area contributed by atoms with Crippen LogP contribution in [0.2, 0.25) is 0 Å². The van der Waals surface area contributed by atoms with Gasteiger partial charge in [0.15, 0.2) is 11.5 Å². The molecular weight excluding hydrogens is 486 g/mol. The second-order valence-electron chi connectivity index (χ2n) is 8.37. The highest BCUT2D eigenvalue weighted by atomic mass is 16.6. The van der Waals surface area contributed by atoms with Crippen LogP contribution >= 0.6 is 0 Å². The normalized spacial score (nSPS) is 10.6. The van der Waals surface area contributed by atoms with Crippen LogP contribution in [0.25, 0.3) is 0 Å². The second kappa shape index (κ2) is 14.2. The van der Waals surface area contributed by atoms with Crippen LogP contribution in [0.3, 0.4) is 0 Å². The van der Waals surface area contributed by atoms with E-state index in [2.05, 4.69) is 22.8 Å². The van der Waals surface area contributed by atoms with Gasteiger partial charge in [-0.05, 0) is 73.5 Å². The molecule has 0 heterocycles. The monoisotopic (exact) mass is 517 g/mol. The van der Waals surface area contributed by atoms with Crippen molar-refractivity contribution in [3.63, 3.8) is 0 Å². The highest BCUT2D eigenvalue weighted by Crippen LogP contribution is 2.28. The molecule has 0 unspecified atom stereocenters. The molecular formula is C29H31N3O6. The van der Waals surface area contributed by atoms with Crippen LogP contribution in [0.4, 0.5) is 0 Å². The van der Waals surface area contributed by atoms with Crippen LogP contribution in [-0.4, -0.2) is 44.3 Å². The summed E-state index contributed by atoms with van der Waals surface area (Å²) in [5.74, 6) is -0.128. The van der Waals surface area contributed by atoms with Crippen LogP contribution in [0.15, 0.2) is 71.8 Å². The van der Waals surface area contributed by atoms with Gasteiger partial charge in [0.25, 0.3) is 11.8 Å². The lowest BCUT2D eigenvalue weighted by Crippen LogP contribution is -2.34. The molecule has 0 saturated heterocycles. The van der Waals surface area contributed by atoms with Crippen LogP contribution in [0.1, 0.15) is 51.6 Å². The zero-order valence-electron chi connectivity index (χ0n) is 21.7. The van der Waals surface area contributed by atoms with Gasteiger partial charge in [-0.25, -0.2) is 10.2 Å². The topological polar surface area (TPSA) is 115 Å².